The maximum Gasteiger partial charge on any atom is 0.252 e. The maximum absolute atomic E-state index is 12.0. The zero-order chi connectivity index (χ0) is 14.4. The predicted octanol–water partition coefficient (Wildman–Crippen LogP) is 1.41. The number of carbonyl (C=O) groups excluding carboxylic acids is 1. The minimum atomic E-state index is -0.0600. The van der Waals surface area contributed by atoms with Gasteiger partial charge in [-0.3, -0.25) is 4.79 Å². The minimum absolute atomic E-state index is 0.0600. The predicted molar refractivity (Wildman–Crippen MR) is 81.2 cm³/mol. The monoisotopic (exact) mass is 276 g/mol. The van der Waals surface area contributed by atoms with Gasteiger partial charge in [-0.1, -0.05) is 6.92 Å². The summed E-state index contributed by atoms with van der Waals surface area (Å²) in [5.41, 5.74) is 0.622. The van der Waals surface area contributed by atoms with Crippen molar-refractivity contribution in [1.82, 2.24) is 15.6 Å². The number of hydrogen-bond donors (Lipinski definition) is 2. The summed E-state index contributed by atoms with van der Waals surface area (Å²) in [6.45, 7) is 7.78. The number of nitrogens with one attached hydrogen (secondary N) is 2. The molecule has 0 aromatic carbocycles. The smallest absolute Gasteiger partial charge is 0.252 e. The number of pyridine rings is 1. The molecule has 1 aliphatic heterocycles. The number of hydrogen-bond acceptors (Lipinski definition) is 4. The van der Waals surface area contributed by atoms with Crippen molar-refractivity contribution in [3.63, 3.8) is 0 Å². The molecule has 1 aromatic heterocycles. The van der Waals surface area contributed by atoms with E-state index >= 15 is 0 Å². The fourth-order valence-electron chi connectivity index (χ4n) is 2.42. The van der Waals surface area contributed by atoms with Crippen molar-refractivity contribution in [2.45, 2.75) is 32.7 Å². The lowest BCUT2D eigenvalue weighted by Crippen LogP contribution is -2.38. The first-order valence-electron chi connectivity index (χ1n) is 7.43. The molecular weight excluding hydrogens is 252 g/mol. The Morgan fingerprint density at radius 3 is 2.75 bits per heavy atom. The van der Waals surface area contributed by atoms with Crippen LogP contribution in [0.4, 0.5) is 5.82 Å². The lowest BCUT2D eigenvalue weighted by atomic mass is 10.2. The van der Waals surface area contributed by atoms with Crippen LogP contribution in [0.25, 0.3) is 0 Å². The summed E-state index contributed by atoms with van der Waals surface area (Å²) in [5.74, 6) is 0.912. The summed E-state index contributed by atoms with van der Waals surface area (Å²) in [7, 11) is 0. The second kappa shape index (κ2) is 7.24. The van der Waals surface area contributed by atoms with Crippen LogP contribution in [0.1, 0.15) is 37.0 Å². The molecule has 2 rings (SSSR count). The molecule has 5 nitrogen and oxygen atoms in total. The fourth-order valence-corrected chi connectivity index (χ4v) is 2.42. The number of rotatable bonds is 6. The van der Waals surface area contributed by atoms with E-state index in [0.29, 0.717) is 12.1 Å². The number of anilines is 1. The molecule has 2 heterocycles. The molecule has 5 heteroatoms. The van der Waals surface area contributed by atoms with Gasteiger partial charge in [-0.2, -0.15) is 0 Å². The number of amides is 1. The van der Waals surface area contributed by atoms with Crippen LogP contribution in [-0.4, -0.2) is 43.1 Å². The highest BCUT2D eigenvalue weighted by Gasteiger charge is 2.14. The van der Waals surface area contributed by atoms with Crippen LogP contribution in [0.3, 0.4) is 0 Å². The second-order valence-corrected chi connectivity index (χ2v) is 5.27. The summed E-state index contributed by atoms with van der Waals surface area (Å²) in [6, 6.07) is 4.07. The van der Waals surface area contributed by atoms with Crippen LogP contribution in [0.2, 0.25) is 0 Å². The number of aromatic nitrogens is 1. The fraction of sp³-hybridized carbons (Fsp3) is 0.600. The first kappa shape index (κ1) is 14.8. The highest BCUT2D eigenvalue weighted by Crippen LogP contribution is 2.17. The third kappa shape index (κ3) is 3.93. The first-order chi connectivity index (χ1) is 9.70. The van der Waals surface area contributed by atoms with E-state index in [4.69, 9.17) is 0 Å². The van der Waals surface area contributed by atoms with Crippen LogP contribution in [0.15, 0.2) is 18.3 Å². The van der Waals surface area contributed by atoms with Gasteiger partial charge < -0.3 is 15.5 Å². The molecule has 1 aromatic rings. The Kier molecular flexibility index (Phi) is 5.35. The van der Waals surface area contributed by atoms with E-state index < -0.39 is 0 Å². The van der Waals surface area contributed by atoms with Gasteiger partial charge in [-0.25, -0.2) is 4.98 Å². The van der Waals surface area contributed by atoms with Crippen molar-refractivity contribution in [3.8, 4) is 0 Å². The van der Waals surface area contributed by atoms with Gasteiger partial charge in [0, 0.05) is 31.9 Å². The third-order valence-corrected chi connectivity index (χ3v) is 3.56. The number of likely N-dealkylation sites (N-methyl/N-ethyl adjacent to an activating group) is 1. The highest BCUT2D eigenvalue weighted by molar-refractivity contribution is 5.94. The number of carbonyl (C=O) groups is 1. The molecule has 0 unspecified atom stereocenters. The van der Waals surface area contributed by atoms with Crippen molar-refractivity contribution in [1.29, 1.82) is 0 Å². The van der Waals surface area contributed by atoms with E-state index in [1.165, 1.54) is 12.8 Å². The Morgan fingerprint density at radius 2 is 2.15 bits per heavy atom. The van der Waals surface area contributed by atoms with Gasteiger partial charge in [0.15, 0.2) is 0 Å². The second-order valence-electron chi connectivity index (χ2n) is 5.27. The zero-order valence-corrected chi connectivity index (χ0v) is 12.4. The Bertz CT molecular complexity index is 426. The molecule has 0 saturated carbocycles. The summed E-state index contributed by atoms with van der Waals surface area (Å²) >= 11 is 0. The summed E-state index contributed by atoms with van der Waals surface area (Å²) < 4.78 is 0. The standard InChI is InChI=1S/C15H24N4O/c1-3-16-12(2)10-18-15(20)13-6-7-14(17-11-13)19-8-4-5-9-19/h6-7,11-12,16H,3-5,8-10H2,1-2H3,(H,18,20)/t12-/m1/s1. The van der Waals surface area contributed by atoms with Gasteiger partial charge in [0.25, 0.3) is 5.91 Å². The molecule has 110 valence electrons. The van der Waals surface area contributed by atoms with Crippen LogP contribution in [0, 0.1) is 0 Å². The molecular formula is C15H24N4O. The Balaban J connectivity index is 1.87. The van der Waals surface area contributed by atoms with Gasteiger partial charge in [-0.05, 0) is 38.4 Å². The van der Waals surface area contributed by atoms with Crippen LogP contribution >= 0.6 is 0 Å². The van der Waals surface area contributed by atoms with Gasteiger partial charge >= 0.3 is 0 Å². The minimum Gasteiger partial charge on any atom is -0.357 e. The van der Waals surface area contributed by atoms with Gasteiger partial charge in [0.2, 0.25) is 0 Å². The average molecular weight is 276 g/mol. The lowest BCUT2D eigenvalue weighted by molar-refractivity contribution is 0.0950. The van der Waals surface area contributed by atoms with Gasteiger partial charge in [-0.15, -0.1) is 0 Å². The molecule has 1 atom stereocenters. The Labute approximate surface area is 120 Å². The van der Waals surface area contributed by atoms with Crippen molar-refractivity contribution < 1.29 is 4.79 Å². The van der Waals surface area contributed by atoms with E-state index in [2.05, 4.69) is 34.4 Å². The van der Waals surface area contributed by atoms with Crippen molar-refractivity contribution in [2.75, 3.05) is 31.1 Å². The zero-order valence-electron chi connectivity index (χ0n) is 12.4. The van der Waals surface area contributed by atoms with E-state index in [1.54, 1.807) is 6.20 Å². The van der Waals surface area contributed by atoms with Gasteiger partial charge in [0.05, 0.1) is 5.56 Å². The SMILES string of the molecule is CCN[C@H](C)CNC(=O)c1ccc(N2CCCC2)nc1. The largest absolute Gasteiger partial charge is 0.357 e. The van der Waals surface area contributed by atoms with E-state index in [-0.39, 0.29) is 11.9 Å². The van der Waals surface area contributed by atoms with Gasteiger partial charge in [0.1, 0.15) is 5.82 Å². The van der Waals surface area contributed by atoms with Crippen molar-refractivity contribution in [3.05, 3.63) is 23.9 Å². The summed E-state index contributed by atoms with van der Waals surface area (Å²) in [6.07, 6.45) is 4.12. The topological polar surface area (TPSA) is 57.3 Å². The van der Waals surface area contributed by atoms with Crippen molar-refractivity contribution in [2.24, 2.45) is 0 Å². The van der Waals surface area contributed by atoms with Crippen LogP contribution in [0.5, 0.6) is 0 Å². The molecule has 1 aliphatic rings. The van der Waals surface area contributed by atoms with E-state index in [1.807, 2.05) is 12.1 Å². The molecule has 0 spiro atoms. The molecule has 2 N–H and O–H groups in total. The summed E-state index contributed by atoms with van der Waals surface area (Å²) in [4.78, 5) is 18.6. The third-order valence-electron chi connectivity index (χ3n) is 3.56. The molecule has 0 radical (unpaired) electrons. The Morgan fingerprint density at radius 1 is 1.40 bits per heavy atom. The molecule has 20 heavy (non-hydrogen) atoms. The molecule has 1 amide bonds. The maximum atomic E-state index is 12.0. The van der Waals surface area contributed by atoms with E-state index in [0.717, 1.165) is 25.5 Å². The Hall–Kier alpha value is -1.62. The molecule has 1 saturated heterocycles. The first-order valence-corrected chi connectivity index (χ1v) is 7.43. The quantitative estimate of drug-likeness (QED) is 0.825. The summed E-state index contributed by atoms with van der Waals surface area (Å²) in [5, 5.41) is 6.18. The lowest BCUT2D eigenvalue weighted by Gasteiger charge is -2.16. The average Bonchev–Trinajstić information content (AvgIpc) is 2.99. The number of nitrogens with zero attached hydrogens (tertiary/aromatic N) is 2. The highest BCUT2D eigenvalue weighted by atomic mass is 16.1. The van der Waals surface area contributed by atoms with E-state index in [9.17, 15) is 4.79 Å². The van der Waals surface area contributed by atoms with Crippen molar-refractivity contribution >= 4 is 11.7 Å². The molecule has 1 fully saturated rings. The van der Waals surface area contributed by atoms with Crippen LogP contribution in [-0.2, 0) is 0 Å². The molecule has 0 bridgehead atoms. The normalized spacial score (nSPS) is 16.2. The van der Waals surface area contributed by atoms with Crippen LogP contribution < -0.4 is 15.5 Å². The molecule has 0 aliphatic carbocycles.